The summed E-state index contributed by atoms with van der Waals surface area (Å²) in [7, 11) is 0. The van der Waals surface area contributed by atoms with Crippen LogP contribution in [0.25, 0.3) is 0 Å². The SMILES string of the molecule is CCCC1CCC(C2CCC(CCC3CC=C(CC)OC3)CC2)CC1. The van der Waals surface area contributed by atoms with Gasteiger partial charge in [0.25, 0.3) is 0 Å². The molecule has 0 spiro atoms. The van der Waals surface area contributed by atoms with Gasteiger partial charge in [-0.15, -0.1) is 0 Å². The quantitative estimate of drug-likeness (QED) is 0.463. The Balaban J connectivity index is 1.31. The van der Waals surface area contributed by atoms with E-state index in [1.807, 2.05) is 0 Å². The minimum absolute atomic E-state index is 0.793. The van der Waals surface area contributed by atoms with Gasteiger partial charge in [0.2, 0.25) is 0 Å². The minimum Gasteiger partial charge on any atom is -0.498 e. The number of rotatable bonds is 7. The highest BCUT2D eigenvalue weighted by Gasteiger charge is 2.30. The molecule has 0 amide bonds. The van der Waals surface area contributed by atoms with E-state index < -0.39 is 0 Å². The van der Waals surface area contributed by atoms with Gasteiger partial charge in [0.1, 0.15) is 0 Å². The van der Waals surface area contributed by atoms with Crippen LogP contribution in [-0.4, -0.2) is 6.61 Å². The largest absolute Gasteiger partial charge is 0.498 e. The third kappa shape index (κ3) is 5.76. The maximum atomic E-state index is 5.86. The highest BCUT2D eigenvalue weighted by atomic mass is 16.5. The lowest BCUT2D eigenvalue weighted by molar-refractivity contribution is 0.118. The molecule has 1 atom stereocenters. The van der Waals surface area contributed by atoms with Crippen molar-refractivity contribution in [3.05, 3.63) is 11.8 Å². The summed E-state index contributed by atoms with van der Waals surface area (Å²) in [6.45, 7) is 5.53. The molecule has 0 saturated heterocycles. The first-order chi connectivity index (χ1) is 12.3. The predicted molar refractivity (Wildman–Crippen MR) is 107 cm³/mol. The first kappa shape index (κ1) is 19.3. The van der Waals surface area contributed by atoms with Gasteiger partial charge in [0, 0.05) is 6.42 Å². The van der Waals surface area contributed by atoms with Crippen LogP contribution < -0.4 is 0 Å². The first-order valence-electron chi connectivity index (χ1n) is 11.6. The van der Waals surface area contributed by atoms with Gasteiger partial charge in [-0.3, -0.25) is 0 Å². The van der Waals surface area contributed by atoms with E-state index in [9.17, 15) is 0 Å². The lowest BCUT2D eigenvalue weighted by Gasteiger charge is -2.38. The van der Waals surface area contributed by atoms with Crippen LogP contribution in [-0.2, 0) is 4.74 Å². The normalized spacial score (nSPS) is 36.6. The zero-order valence-corrected chi connectivity index (χ0v) is 17.0. The summed E-state index contributed by atoms with van der Waals surface area (Å²) in [5.41, 5.74) is 0. The summed E-state index contributed by atoms with van der Waals surface area (Å²) < 4.78 is 5.86. The van der Waals surface area contributed by atoms with Gasteiger partial charge in [-0.1, -0.05) is 58.8 Å². The van der Waals surface area contributed by atoms with Crippen molar-refractivity contribution < 1.29 is 4.74 Å². The van der Waals surface area contributed by atoms with Crippen molar-refractivity contribution in [1.29, 1.82) is 0 Å². The molecule has 1 aliphatic heterocycles. The smallest absolute Gasteiger partial charge is 0.0917 e. The highest BCUT2D eigenvalue weighted by Crippen LogP contribution is 2.43. The second-order valence-corrected chi connectivity index (χ2v) is 9.36. The lowest BCUT2D eigenvalue weighted by atomic mass is 9.68. The van der Waals surface area contributed by atoms with Crippen LogP contribution in [0.1, 0.15) is 104 Å². The van der Waals surface area contributed by atoms with E-state index >= 15 is 0 Å². The highest BCUT2D eigenvalue weighted by molar-refractivity contribution is 4.97. The van der Waals surface area contributed by atoms with Crippen LogP contribution in [0.4, 0.5) is 0 Å². The molecule has 0 aromatic carbocycles. The summed E-state index contributed by atoms with van der Waals surface area (Å²) in [5.74, 6) is 6.26. The van der Waals surface area contributed by atoms with Gasteiger partial charge in [-0.05, 0) is 74.2 Å². The molecule has 1 nitrogen and oxygen atoms in total. The van der Waals surface area contributed by atoms with E-state index in [4.69, 9.17) is 4.74 Å². The molecule has 0 aromatic heterocycles. The third-order valence-electron chi connectivity index (χ3n) is 7.66. The zero-order valence-electron chi connectivity index (χ0n) is 17.0. The maximum Gasteiger partial charge on any atom is 0.0917 e. The molecule has 1 heterocycles. The van der Waals surface area contributed by atoms with Crippen LogP contribution in [0.5, 0.6) is 0 Å². The molecule has 2 fully saturated rings. The van der Waals surface area contributed by atoms with Crippen molar-refractivity contribution in [2.24, 2.45) is 29.6 Å². The summed E-state index contributed by atoms with van der Waals surface area (Å²) >= 11 is 0. The summed E-state index contributed by atoms with van der Waals surface area (Å²) in [6, 6.07) is 0. The molecule has 1 unspecified atom stereocenters. The molecule has 3 rings (SSSR count). The molecule has 144 valence electrons. The molecule has 0 radical (unpaired) electrons. The van der Waals surface area contributed by atoms with Crippen LogP contribution in [0.15, 0.2) is 11.8 Å². The van der Waals surface area contributed by atoms with Crippen molar-refractivity contribution in [2.75, 3.05) is 6.61 Å². The Morgan fingerprint density at radius 3 is 1.80 bits per heavy atom. The topological polar surface area (TPSA) is 9.23 Å². The summed E-state index contributed by atoms with van der Waals surface area (Å²) in [5, 5.41) is 0. The molecule has 3 aliphatic rings. The standard InChI is InChI=1S/C24H42O/c1-3-5-19-8-13-22(14-9-19)23-15-10-20(11-16-23)6-7-21-12-17-24(4-2)25-18-21/h17,19-23H,3-16,18H2,1-2H3. The predicted octanol–water partition coefficient (Wildman–Crippen LogP) is 7.51. The molecule has 0 N–H and O–H groups in total. The number of ether oxygens (including phenoxy) is 1. The van der Waals surface area contributed by atoms with Gasteiger partial charge >= 0.3 is 0 Å². The van der Waals surface area contributed by atoms with E-state index in [2.05, 4.69) is 19.9 Å². The Hall–Kier alpha value is -0.460. The summed E-state index contributed by atoms with van der Waals surface area (Å²) in [6.07, 6.45) is 22.7. The van der Waals surface area contributed by atoms with Crippen molar-refractivity contribution >= 4 is 0 Å². The second-order valence-electron chi connectivity index (χ2n) is 9.36. The van der Waals surface area contributed by atoms with Crippen molar-refractivity contribution in [1.82, 2.24) is 0 Å². The van der Waals surface area contributed by atoms with E-state index in [-0.39, 0.29) is 0 Å². The van der Waals surface area contributed by atoms with Crippen LogP contribution >= 0.6 is 0 Å². The number of hydrogen-bond acceptors (Lipinski definition) is 1. The third-order valence-corrected chi connectivity index (χ3v) is 7.66. The fourth-order valence-corrected chi connectivity index (χ4v) is 5.87. The Morgan fingerprint density at radius 1 is 0.760 bits per heavy atom. The van der Waals surface area contributed by atoms with Gasteiger partial charge < -0.3 is 4.74 Å². The molecular formula is C24H42O. The van der Waals surface area contributed by atoms with Gasteiger partial charge in [0.05, 0.1) is 12.4 Å². The Morgan fingerprint density at radius 2 is 1.32 bits per heavy atom. The van der Waals surface area contributed by atoms with Crippen molar-refractivity contribution in [3.8, 4) is 0 Å². The average molecular weight is 347 g/mol. The monoisotopic (exact) mass is 346 g/mol. The van der Waals surface area contributed by atoms with Crippen molar-refractivity contribution in [3.63, 3.8) is 0 Å². The maximum absolute atomic E-state index is 5.86. The van der Waals surface area contributed by atoms with Gasteiger partial charge in [0.15, 0.2) is 0 Å². The van der Waals surface area contributed by atoms with Crippen molar-refractivity contribution in [2.45, 2.75) is 104 Å². The molecule has 2 saturated carbocycles. The molecular weight excluding hydrogens is 304 g/mol. The Labute approximate surface area is 157 Å². The molecule has 0 bridgehead atoms. The van der Waals surface area contributed by atoms with E-state index in [0.29, 0.717) is 0 Å². The fourth-order valence-electron chi connectivity index (χ4n) is 5.87. The van der Waals surface area contributed by atoms with Crippen LogP contribution in [0.2, 0.25) is 0 Å². The average Bonchev–Trinajstić information content (AvgIpc) is 2.68. The fraction of sp³-hybridized carbons (Fsp3) is 0.917. The zero-order chi connectivity index (χ0) is 17.5. The Kier molecular flexibility index (Phi) is 7.74. The van der Waals surface area contributed by atoms with E-state index in [0.717, 1.165) is 42.6 Å². The second kappa shape index (κ2) is 10.0. The number of hydrogen-bond donors (Lipinski definition) is 0. The van der Waals surface area contributed by atoms with E-state index in [1.54, 1.807) is 12.8 Å². The summed E-state index contributed by atoms with van der Waals surface area (Å²) in [4.78, 5) is 0. The molecule has 2 aliphatic carbocycles. The van der Waals surface area contributed by atoms with Gasteiger partial charge in [-0.25, -0.2) is 0 Å². The molecule has 0 aromatic rings. The lowest BCUT2D eigenvalue weighted by Crippen LogP contribution is -2.26. The van der Waals surface area contributed by atoms with Gasteiger partial charge in [-0.2, -0.15) is 0 Å². The molecule has 1 heteroatoms. The van der Waals surface area contributed by atoms with E-state index in [1.165, 1.54) is 76.4 Å². The Bertz CT molecular complexity index is 396. The van der Waals surface area contributed by atoms with Crippen LogP contribution in [0, 0.1) is 29.6 Å². The minimum atomic E-state index is 0.793. The molecule has 25 heavy (non-hydrogen) atoms. The van der Waals surface area contributed by atoms with Crippen LogP contribution in [0.3, 0.4) is 0 Å². The first-order valence-corrected chi connectivity index (χ1v) is 11.6. The number of allylic oxidation sites excluding steroid dienone is 2.